The lowest BCUT2D eigenvalue weighted by Crippen LogP contribution is -2.51. The van der Waals surface area contributed by atoms with Crippen LogP contribution in [-0.4, -0.2) is 64.9 Å². The maximum atomic E-state index is 12.9. The summed E-state index contributed by atoms with van der Waals surface area (Å²) in [4.78, 5) is 29.2. The fraction of sp³-hybridized carbons (Fsp3) is 0.231. The molecule has 2 amide bonds. The zero-order valence-corrected chi connectivity index (χ0v) is 20.3. The highest BCUT2D eigenvalue weighted by Crippen LogP contribution is 2.22. The van der Waals surface area contributed by atoms with Gasteiger partial charge in [0.05, 0.1) is 17.1 Å². The van der Waals surface area contributed by atoms with Crippen molar-refractivity contribution in [1.82, 2.24) is 10.2 Å². The molecule has 1 aliphatic heterocycles. The van der Waals surface area contributed by atoms with Crippen molar-refractivity contribution in [3.8, 4) is 0 Å². The zero-order chi connectivity index (χ0) is 24.8. The van der Waals surface area contributed by atoms with Gasteiger partial charge >= 0.3 is 0 Å². The average Bonchev–Trinajstić information content (AvgIpc) is 2.92. The second-order valence-electron chi connectivity index (χ2n) is 8.22. The van der Waals surface area contributed by atoms with Gasteiger partial charge in [0.2, 0.25) is 5.91 Å². The maximum absolute atomic E-state index is 12.9. The number of nitrogens with one attached hydrogen (secondary N) is 1. The first kappa shape index (κ1) is 24.3. The van der Waals surface area contributed by atoms with Crippen molar-refractivity contribution < 1.29 is 18.0 Å². The Hall–Kier alpha value is -3.85. The minimum Gasteiger partial charge on any atom is -0.368 e. The smallest absolute Gasteiger partial charge is 0.264 e. The summed E-state index contributed by atoms with van der Waals surface area (Å²) in [5, 5.41) is 2.64. The van der Waals surface area contributed by atoms with Crippen molar-refractivity contribution in [3.63, 3.8) is 0 Å². The maximum Gasteiger partial charge on any atom is 0.264 e. The van der Waals surface area contributed by atoms with Gasteiger partial charge in [-0.15, -0.1) is 0 Å². The van der Waals surface area contributed by atoms with E-state index in [0.717, 1.165) is 18.8 Å². The highest BCUT2D eigenvalue weighted by Gasteiger charge is 2.23. The lowest BCUT2D eigenvalue weighted by Gasteiger charge is -2.36. The van der Waals surface area contributed by atoms with Crippen LogP contribution in [0.3, 0.4) is 0 Å². The summed E-state index contributed by atoms with van der Waals surface area (Å²) < 4.78 is 27.0. The molecule has 0 unspecified atom stereocenters. The molecule has 0 atom stereocenters. The van der Waals surface area contributed by atoms with Gasteiger partial charge < -0.3 is 15.1 Å². The first-order valence-electron chi connectivity index (χ1n) is 11.4. The molecule has 8 nitrogen and oxygen atoms in total. The molecule has 1 fully saturated rings. The molecule has 0 aromatic heterocycles. The van der Waals surface area contributed by atoms with Crippen LogP contribution in [0.2, 0.25) is 0 Å². The molecule has 0 saturated carbocycles. The first-order valence-corrected chi connectivity index (χ1v) is 12.8. The Bertz CT molecular complexity index is 1260. The molecule has 1 aliphatic rings. The van der Waals surface area contributed by atoms with Gasteiger partial charge in [-0.1, -0.05) is 36.4 Å². The number of hydrogen-bond acceptors (Lipinski definition) is 5. The second-order valence-corrected chi connectivity index (χ2v) is 10.2. The van der Waals surface area contributed by atoms with Crippen LogP contribution < -0.4 is 14.5 Å². The third-order valence-corrected chi connectivity index (χ3v) is 7.85. The van der Waals surface area contributed by atoms with Crippen LogP contribution in [0.4, 0.5) is 11.4 Å². The van der Waals surface area contributed by atoms with Crippen molar-refractivity contribution in [1.29, 1.82) is 0 Å². The van der Waals surface area contributed by atoms with Crippen LogP contribution in [0.1, 0.15) is 10.4 Å². The molecule has 1 heterocycles. The number of piperazine rings is 1. The molecule has 182 valence electrons. The number of amides is 2. The Kier molecular flexibility index (Phi) is 7.36. The summed E-state index contributed by atoms with van der Waals surface area (Å²) in [6.45, 7) is 2.53. The van der Waals surface area contributed by atoms with E-state index in [0.29, 0.717) is 18.8 Å². The average molecular weight is 493 g/mol. The van der Waals surface area contributed by atoms with Gasteiger partial charge in [-0.05, 0) is 48.5 Å². The van der Waals surface area contributed by atoms with Crippen molar-refractivity contribution in [3.05, 3.63) is 90.5 Å². The number of carbonyl (C=O) groups is 2. The standard InChI is InChI=1S/C26H28N4O4S/c1-28(22-8-4-2-5-9-22)35(33,34)24-14-12-21(13-15-24)26(32)27-20-25(31)30-18-16-29(17-19-30)23-10-6-3-7-11-23/h2-15H,16-20H2,1H3,(H,27,32). The van der Waals surface area contributed by atoms with Crippen LogP contribution in [0.15, 0.2) is 89.8 Å². The molecule has 1 N–H and O–H groups in total. The third kappa shape index (κ3) is 5.63. The normalized spacial score (nSPS) is 13.9. The lowest BCUT2D eigenvalue weighted by molar-refractivity contribution is -0.130. The second kappa shape index (κ2) is 10.6. The Morgan fingerprint density at radius 2 is 1.40 bits per heavy atom. The van der Waals surface area contributed by atoms with E-state index in [1.54, 1.807) is 29.2 Å². The third-order valence-electron chi connectivity index (χ3n) is 6.05. The van der Waals surface area contributed by atoms with Crippen LogP contribution in [0.5, 0.6) is 0 Å². The van der Waals surface area contributed by atoms with E-state index < -0.39 is 15.9 Å². The number of para-hydroxylation sites is 2. The van der Waals surface area contributed by atoms with Crippen molar-refractivity contribution in [2.75, 3.05) is 49.0 Å². The molecule has 35 heavy (non-hydrogen) atoms. The van der Waals surface area contributed by atoms with Crippen LogP contribution in [-0.2, 0) is 14.8 Å². The lowest BCUT2D eigenvalue weighted by atomic mass is 10.2. The summed E-state index contributed by atoms with van der Waals surface area (Å²) >= 11 is 0. The number of nitrogens with zero attached hydrogens (tertiary/aromatic N) is 3. The summed E-state index contributed by atoms with van der Waals surface area (Å²) in [5.41, 5.74) is 1.96. The Morgan fingerprint density at radius 3 is 2.00 bits per heavy atom. The van der Waals surface area contributed by atoms with E-state index >= 15 is 0 Å². The highest BCUT2D eigenvalue weighted by atomic mass is 32.2. The van der Waals surface area contributed by atoms with Crippen LogP contribution in [0.25, 0.3) is 0 Å². The molecule has 0 bridgehead atoms. The Balaban J connectivity index is 1.30. The number of sulfonamides is 1. The molecule has 3 aromatic rings. The van der Waals surface area contributed by atoms with Crippen molar-refractivity contribution >= 4 is 33.2 Å². The van der Waals surface area contributed by atoms with Gasteiger partial charge in [0.1, 0.15) is 0 Å². The zero-order valence-electron chi connectivity index (χ0n) is 19.5. The number of carbonyl (C=O) groups excluding carboxylic acids is 2. The van der Waals surface area contributed by atoms with E-state index in [2.05, 4.69) is 10.2 Å². The van der Waals surface area contributed by atoms with Crippen LogP contribution in [0, 0.1) is 0 Å². The molecule has 0 spiro atoms. The van der Waals surface area contributed by atoms with E-state index in [9.17, 15) is 18.0 Å². The summed E-state index contributed by atoms with van der Waals surface area (Å²) in [6.07, 6.45) is 0. The van der Waals surface area contributed by atoms with E-state index in [-0.39, 0.29) is 22.9 Å². The molecular weight excluding hydrogens is 464 g/mol. The largest absolute Gasteiger partial charge is 0.368 e. The van der Waals surface area contributed by atoms with Gasteiger partial charge in [-0.25, -0.2) is 8.42 Å². The molecule has 0 aliphatic carbocycles. The van der Waals surface area contributed by atoms with E-state index in [4.69, 9.17) is 0 Å². The quantitative estimate of drug-likeness (QED) is 0.548. The van der Waals surface area contributed by atoms with Crippen LogP contribution >= 0.6 is 0 Å². The number of benzene rings is 3. The van der Waals surface area contributed by atoms with Gasteiger partial charge in [0.15, 0.2) is 0 Å². The highest BCUT2D eigenvalue weighted by molar-refractivity contribution is 7.92. The predicted molar refractivity (Wildman–Crippen MR) is 136 cm³/mol. The first-order chi connectivity index (χ1) is 16.9. The molecule has 0 radical (unpaired) electrons. The minimum atomic E-state index is -3.76. The fourth-order valence-electron chi connectivity index (χ4n) is 3.94. The Morgan fingerprint density at radius 1 is 0.829 bits per heavy atom. The van der Waals surface area contributed by atoms with Gasteiger partial charge in [0, 0.05) is 44.5 Å². The fourth-order valence-corrected chi connectivity index (χ4v) is 5.13. The van der Waals surface area contributed by atoms with Gasteiger partial charge in [-0.3, -0.25) is 13.9 Å². The minimum absolute atomic E-state index is 0.0766. The number of anilines is 2. The van der Waals surface area contributed by atoms with Crippen molar-refractivity contribution in [2.45, 2.75) is 4.90 Å². The summed E-state index contributed by atoms with van der Waals surface area (Å²) in [5.74, 6) is -0.573. The van der Waals surface area contributed by atoms with Gasteiger partial charge in [-0.2, -0.15) is 0 Å². The predicted octanol–water partition coefficient (Wildman–Crippen LogP) is 2.59. The summed E-state index contributed by atoms with van der Waals surface area (Å²) in [7, 11) is -2.28. The van der Waals surface area contributed by atoms with E-state index in [1.165, 1.54) is 35.6 Å². The Labute approximate surface area is 205 Å². The molecule has 4 rings (SSSR count). The molecular formula is C26H28N4O4S. The van der Waals surface area contributed by atoms with Crippen molar-refractivity contribution in [2.24, 2.45) is 0 Å². The molecule has 1 saturated heterocycles. The topological polar surface area (TPSA) is 90.0 Å². The SMILES string of the molecule is CN(c1ccccc1)S(=O)(=O)c1ccc(C(=O)NCC(=O)N2CCN(c3ccccc3)CC2)cc1. The summed E-state index contributed by atoms with van der Waals surface area (Å²) in [6, 6.07) is 24.5. The number of rotatable bonds is 7. The monoisotopic (exact) mass is 492 g/mol. The van der Waals surface area contributed by atoms with E-state index in [1.807, 2.05) is 36.4 Å². The molecule has 3 aromatic carbocycles. The number of hydrogen-bond donors (Lipinski definition) is 1. The van der Waals surface area contributed by atoms with Gasteiger partial charge in [0.25, 0.3) is 15.9 Å². The molecule has 9 heteroatoms.